The Hall–Kier alpha value is -5.17. The zero-order valence-electron chi connectivity index (χ0n) is 28.4. The van der Waals surface area contributed by atoms with E-state index in [1.807, 2.05) is 56.3 Å². The van der Waals surface area contributed by atoms with Gasteiger partial charge in [-0.25, -0.2) is 9.97 Å². The largest absolute Gasteiger partial charge is 0.469 e. The van der Waals surface area contributed by atoms with Gasteiger partial charge < -0.3 is 39.5 Å². The van der Waals surface area contributed by atoms with Crippen molar-refractivity contribution in [2.75, 3.05) is 18.4 Å². The van der Waals surface area contributed by atoms with E-state index in [-0.39, 0.29) is 47.3 Å². The number of hydrogen-bond acceptors (Lipinski definition) is 10. The molecule has 2 aromatic heterocycles. The zero-order valence-corrected chi connectivity index (χ0v) is 28.4. The van der Waals surface area contributed by atoms with Crippen LogP contribution in [0.3, 0.4) is 0 Å². The van der Waals surface area contributed by atoms with Crippen molar-refractivity contribution in [1.29, 1.82) is 0 Å². The fraction of sp³-hybridized carbons (Fsp3) is 0.432. The molecule has 260 valence electrons. The molecule has 1 unspecified atom stereocenters. The molecule has 4 N–H and O–H groups in total. The maximum atomic E-state index is 14.0. The number of para-hydroxylation sites is 1. The highest BCUT2D eigenvalue weighted by atomic mass is 16.5. The molecule has 1 fully saturated rings. The number of likely N-dealkylation sites (tertiary alicyclic amines) is 1. The van der Waals surface area contributed by atoms with Crippen LogP contribution in [-0.2, 0) is 21.4 Å². The third kappa shape index (κ3) is 4.97. The number of hydrogen-bond donors (Lipinski definition) is 4. The van der Waals surface area contributed by atoms with Gasteiger partial charge in [-0.1, -0.05) is 58.0 Å². The van der Waals surface area contributed by atoms with Gasteiger partial charge in [0.05, 0.1) is 0 Å². The first kappa shape index (κ1) is 32.1. The van der Waals surface area contributed by atoms with Crippen LogP contribution in [0.25, 0.3) is 11.6 Å². The van der Waals surface area contributed by atoms with Gasteiger partial charge in [0.2, 0.25) is 23.6 Å². The Morgan fingerprint density at radius 3 is 2.58 bits per heavy atom. The van der Waals surface area contributed by atoms with Gasteiger partial charge in [0.15, 0.2) is 23.4 Å². The molecule has 4 bridgehead atoms. The fourth-order valence-corrected chi connectivity index (χ4v) is 7.57. The summed E-state index contributed by atoms with van der Waals surface area (Å²) in [7, 11) is 0. The van der Waals surface area contributed by atoms with Crippen molar-refractivity contribution in [2.45, 2.75) is 76.8 Å². The second-order valence-corrected chi connectivity index (χ2v) is 14.3. The molecule has 2 aromatic carbocycles. The monoisotopic (exact) mass is 680 g/mol. The lowest BCUT2D eigenvalue weighted by Crippen LogP contribution is -2.52. The highest BCUT2D eigenvalue weighted by Gasteiger charge is 2.61. The predicted molar refractivity (Wildman–Crippen MR) is 180 cm³/mol. The van der Waals surface area contributed by atoms with Crippen molar-refractivity contribution in [1.82, 2.24) is 25.5 Å². The van der Waals surface area contributed by atoms with Crippen LogP contribution in [0.2, 0.25) is 0 Å². The average Bonchev–Trinajstić information content (AvgIpc) is 3.93. The van der Waals surface area contributed by atoms with Crippen LogP contribution in [0.15, 0.2) is 57.6 Å². The number of carbonyl (C=O) groups excluding carboxylic acids is 3. The summed E-state index contributed by atoms with van der Waals surface area (Å²) >= 11 is 0. The van der Waals surface area contributed by atoms with E-state index in [0.717, 1.165) is 35.2 Å². The number of benzene rings is 2. The first-order chi connectivity index (χ1) is 24.1. The third-order valence-electron chi connectivity index (χ3n) is 10.3. The van der Waals surface area contributed by atoms with Crippen LogP contribution >= 0.6 is 0 Å². The van der Waals surface area contributed by atoms with E-state index >= 15 is 0 Å². The Bertz CT molecular complexity index is 1990. The molecule has 0 saturated carbocycles. The van der Waals surface area contributed by atoms with Gasteiger partial charge in [0, 0.05) is 30.8 Å². The second-order valence-electron chi connectivity index (χ2n) is 14.3. The Morgan fingerprint density at radius 1 is 1.04 bits per heavy atom. The summed E-state index contributed by atoms with van der Waals surface area (Å²) in [5, 5.41) is 19.9. The number of nitrogens with zero attached hydrogens (tertiary/aromatic N) is 3. The number of carbonyl (C=O) groups is 3. The van der Waals surface area contributed by atoms with E-state index in [9.17, 15) is 19.5 Å². The van der Waals surface area contributed by atoms with Gasteiger partial charge in [-0.05, 0) is 47.9 Å². The standard InChI is InChI=1S/C37H40N6O7/c1-18(2)27-34-42-28(33-39-25(17-48-33)35(47)43-13-7-8-14-43)30(50-34)37-21-9-5-6-10-23(21)40-36(37)49-26-12-11-20(15-22(26)37)16-24(31(45)41-27)38-32(46)29(44)19(3)4/h5-6,9-12,15,17-19,24,27,29,36,40,44H,7-8,13-14,16H2,1-4H3,(H,38,46)(H,41,45)/t24-,27-,29-,36-,37?/m0/s1. The summed E-state index contributed by atoms with van der Waals surface area (Å²) in [5.41, 5.74) is 2.66. The number of aromatic nitrogens is 2. The number of anilines is 1. The Labute approximate surface area is 288 Å². The first-order valence-corrected chi connectivity index (χ1v) is 17.3. The minimum atomic E-state index is -1.29. The maximum Gasteiger partial charge on any atom is 0.275 e. The summed E-state index contributed by atoms with van der Waals surface area (Å²) in [4.78, 5) is 51.9. The molecule has 13 heteroatoms. The van der Waals surface area contributed by atoms with Gasteiger partial charge in [-0.3, -0.25) is 14.4 Å². The summed E-state index contributed by atoms with van der Waals surface area (Å²) in [5.74, 6) is -0.518. The van der Waals surface area contributed by atoms with E-state index in [1.54, 1.807) is 18.7 Å². The SMILES string of the molecule is CC(C)[C@H](O)C(=O)N[C@H]1Cc2ccc3c(c2)C2(c4ccccc4N[C@H]2O3)c2oc(nc2-c2nc(C(=O)N3CCCC3)co2)[C@H](C(C)C)NC1=O. The average molecular weight is 681 g/mol. The van der Waals surface area contributed by atoms with E-state index in [4.69, 9.17) is 18.6 Å². The summed E-state index contributed by atoms with van der Waals surface area (Å²) < 4.78 is 19.5. The van der Waals surface area contributed by atoms with Crippen LogP contribution in [0.4, 0.5) is 5.69 Å². The molecule has 4 aliphatic rings. The normalized spacial score (nSPS) is 24.1. The molecule has 1 spiro atoms. The Balaban J connectivity index is 1.33. The number of amides is 3. The van der Waals surface area contributed by atoms with Crippen LogP contribution in [-0.4, -0.2) is 69.2 Å². The Kier molecular flexibility index (Phi) is 7.70. The van der Waals surface area contributed by atoms with Crippen molar-refractivity contribution < 1.29 is 33.1 Å². The van der Waals surface area contributed by atoms with E-state index in [0.29, 0.717) is 24.6 Å². The number of rotatable bonds is 6. The molecule has 4 aliphatic heterocycles. The molecule has 8 rings (SSSR count). The third-order valence-corrected chi connectivity index (χ3v) is 10.3. The quantitative estimate of drug-likeness (QED) is 0.234. The van der Waals surface area contributed by atoms with Gasteiger partial charge in [0.1, 0.15) is 35.6 Å². The molecule has 1 saturated heterocycles. The van der Waals surface area contributed by atoms with Crippen LogP contribution in [0.5, 0.6) is 5.75 Å². The maximum absolute atomic E-state index is 14.0. The fourth-order valence-electron chi connectivity index (χ4n) is 7.57. The van der Waals surface area contributed by atoms with E-state index in [2.05, 4.69) is 20.9 Å². The minimum absolute atomic E-state index is 0.108. The molecular formula is C37H40N6O7. The van der Waals surface area contributed by atoms with E-state index < -0.39 is 41.6 Å². The summed E-state index contributed by atoms with van der Waals surface area (Å²) in [6.07, 6.45) is 1.46. The van der Waals surface area contributed by atoms with Gasteiger partial charge in [-0.2, -0.15) is 0 Å². The molecule has 3 amide bonds. The molecule has 13 nitrogen and oxygen atoms in total. The number of aliphatic hydroxyl groups excluding tert-OH is 1. The summed E-state index contributed by atoms with van der Waals surface area (Å²) in [6, 6.07) is 11.8. The molecule has 50 heavy (non-hydrogen) atoms. The van der Waals surface area contributed by atoms with Crippen LogP contribution < -0.4 is 20.7 Å². The van der Waals surface area contributed by atoms with E-state index in [1.165, 1.54) is 6.26 Å². The lowest BCUT2D eigenvalue weighted by Gasteiger charge is -2.29. The lowest BCUT2D eigenvalue weighted by molar-refractivity contribution is -0.135. The second kappa shape index (κ2) is 12.0. The Morgan fingerprint density at radius 2 is 1.82 bits per heavy atom. The number of fused-ring (bicyclic) bond motifs is 4. The van der Waals surface area contributed by atoms with Crippen molar-refractivity contribution in [3.63, 3.8) is 0 Å². The first-order valence-electron chi connectivity index (χ1n) is 17.3. The molecule has 0 radical (unpaired) electrons. The lowest BCUT2D eigenvalue weighted by atomic mass is 9.72. The van der Waals surface area contributed by atoms with Gasteiger partial charge in [0.25, 0.3) is 5.91 Å². The predicted octanol–water partition coefficient (Wildman–Crippen LogP) is 3.92. The van der Waals surface area contributed by atoms with Gasteiger partial charge in [-0.15, -0.1) is 0 Å². The molecular weight excluding hydrogens is 640 g/mol. The minimum Gasteiger partial charge on any atom is -0.469 e. The number of ether oxygens (including phenoxy) is 1. The molecule has 0 aliphatic carbocycles. The zero-order chi connectivity index (χ0) is 34.9. The highest BCUT2D eigenvalue weighted by molar-refractivity contribution is 5.93. The molecule has 4 aromatic rings. The van der Waals surface area contributed by atoms with Crippen LogP contribution in [0.1, 0.15) is 85.4 Å². The van der Waals surface area contributed by atoms with Crippen molar-refractivity contribution >= 4 is 23.4 Å². The van der Waals surface area contributed by atoms with Crippen molar-refractivity contribution in [3.05, 3.63) is 82.8 Å². The number of oxazole rings is 2. The number of nitrogens with one attached hydrogen (secondary N) is 3. The van der Waals surface area contributed by atoms with Crippen molar-refractivity contribution in [2.24, 2.45) is 11.8 Å². The van der Waals surface area contributed by atoms with Crippen molar-refractivity contribution in [3.8, 4) is 17.3 Å². The smallest absolute Gasteiger partial charge is 0.275 e. The highest BCUT2D eigenvalue weighted by Crippen LogP contribution is 2.59. The summed E-state index contributed by atoms with van der Waals surface area (Å²) in [6.45, 7) is 8.67. The molecule has 6 heterocycles. The number of aliphatic hydroxyl groups is 1. The topological polar surface area (TPSA) is 172 Å². The molecule has 5 atom stereocenters. The van der Waals surface area contributed by atoms with Crippen LogP contribution in [0, 0.1) is 11.8 Å². The van der Waals surface area contributed by atoms with Gasteiger partial charge >= 0.3 is 0 Å².